The lowest BCUT2D eigenvalue weighted by Crippen LogP contribution is -2.63. The van der Waals surface area contributed by atoms with E-state index in [-0.39, 0.29) is 41.1 Å². The molecule has 2 saturated heterocycles. The fourth-order valence-electron chi connectivity index (χ4n) is 4.91. The highest BCUT2D eigenvalue weighted by Crippen LogP contribution is 2.52. The van der Waals surface area contributed by atoms with Gasteiger partial charge in [0.25, 0.3) is 5.69 Å². The number of esters is 1. The van der Waals surface area contributed by atoms with Gasteiger partial charge >= 0.3 is 5.97 Å². The number of hydrogen-bond acceptors (Lipinski definition) is 11. The molecule has 1 amide bonds. The van der Waals surface area contributed by atoms with Crippen LogP contribution in [0.5, 0.6) is 0 Å². The van der Waals surface area contributed by atoms with Crippen LogP contribution >= 0.6 is 23.1 Å². The number of carbonyl (C=O) groups is 2. The van der Waals surface area contributed by atoms with Gasteiger partial charge in [-0.1, -0.05) is 6.92 Å². The van der Waals surface area contributed by atoms with Crippen LogP contribution in [0, 0.1) is 33.3 Å². The van der Waals surface area contributed by atoms with Gasteiger partial charge in [0.1, 0.15) is 18.4 Å². The maximum Gasteiger partial charge on any atom is 0.356 e. The van der Waals surface area contributed by atoms with Gasteiger partial charge in [0.05, 0.1) is 23.0 Å². The van der Waals surface area contributed by atoms with Crippen LogP contribution in [-0.4, -0.2) is 62.3 Å². The van der Waals surface area contributed by atoms with Crippen molar-refractivity contribution in [2.75, 3.05) is 18.0 Å². The summed E-state index contributed by atoms with van der Waals surface area (Å²) in [4.78, 5) is 45.1. The molecule has 1 aromatic carbocycles. The summed E-state index contributed by atoms with van der Waals surface area (Å²) in [6.45, 7) is 4.81. The molecule has 37 heavy (non-hydrogen) atoms. The molecule has 11 nitrogen and oxygen atoms in total. The average molecular weight is 542 g/mol. The standard InChI is InChI=1S/C24H23N5O6S2/c1-12-19-18(13(2)30)22(31)28(19)20(23(32)35-10-14-3-5-16(6-4-14)29(33)34)21(12)37-17-8-27(9-17)24-26-15(7-25)11-36-24/h3-6,11-13,17-19,30H,8-10H2,1-2H3/t12-,13-,18-,19-/m1/s1. The first-order valence-corrected chi connectivity index (χ1v) is 13.4. The number of carbonyl (C=O) groups excluding carboxylic acids is 2. The predicted octanol–water partition coefficient (Wildman–Crippen LogP) is 2.66. The Morgan fingerprint density at radius 3 is 2.70 bits per heavy atom. The van der Waals surface area contributed by atoms with E-state index < -0.39 is 22.9 Å². The molecule has 3 aliphatic heterocycles. The molecule has 5 rings (SSSR count). The molecular weight excluding hydrogens is 518 g/mol. The highest BCUT2D eigenvalue weighted by atomic mass is 32.2. The van der Waals surface area contributed by atoms with Crippen molar-refractivity contribution < 1.29 is 24.4 Å². The van der Waals surface area contributed by atoms with Crippen molar-refractivity contribution in [2.45, 2.75) is 37.9 Å². The minimum atomic E-state index is -0.837. The monoisotopic (exact) mass is 541 g/mol. The second kappa shape index (κ2) is 9.77. The zero-order chi connectivity index (χ0) is 26.4. The molecule has 1 N–H and O–H groups in total. The number of aromatic nitrogens is 1. The number of aliphatic hydroxyl groups is 1. The Balaban J connectivity index is 1.32. The number of nitro benzene ring substituents is 1. The summed E-state index contributed by atoms with van der Waals surface area (Å²) in [5, 5.41) is 32.7. The lowest BCUT2D eigenvalue weighted by Gasteiger charge is -2.46. The molecule has 13 heteroatoms. The Kier molecular flexibility index (Phi) is 6.65. The number of thiazole rings is 1. The Labute approximate surface area is 220 Å². The fraction of sp³-hybridized carbons (Fsp3) is 0.417. The number of nitriles is 1. The van der Waals surface area contributed by atoms with Gasteiger partial charge in [0.2, 0.25) is 5.91 Å². The number of nitro groups is 1. The number of ether oxygens (including phenoxy) is 1. The number of non-ortho nitro benzene ring substituents is 1. The van der Waals surface area contributed by atoms with Crippen molar-refractivity contribution in [1.29, 1.82) is 5.26 Å². The van der Waals surface area contributed by atoms with E-state index in [1.54, 1.807) is 12.3 Å². The molecule has 0 spiro atoms. The molecule has 192 valence electrons. The van der Waals surface area contributed by atoms with Crippen LogP contribution in [0.25, 0.3) is 0 Å². The van der Waals surface area contributed by atoms with Crippen LogP contribution < -0.4 is 4.90 Å². The van der Waals surface area contributed by atoms with E-state index in [0.29, 0.717) is 24.3 Å². The van der Waals surface area contributed by atoms with Crippen molar-refractivity contribution >= 4 is 45.8 Å². The molecule has 2 fully saturated rings. The van der Waals surface area contributed by atoms with E-state index in [4.69, 9.17) is 10.00 Å². The van der Waals surface area contributed by atoms with Crippen molar-refractivity contribution in [3.8, 4) is 6.07 Å². The normalized spacial score (nSPS) is 23.7. The first-order valence-electron chi connectivity index (χ1n) is 11.6. The number of anilines is 1. The lowest BCUT2D eigenvalue weighted by atomic mass is 9.79. The predicted molar refractivity (Wildman–Crippen MR) is 135 cm³/mol. The summed E-state index contributed by atoms with van der Waals surface area (Å²) in [6, 6.07) is 7.44. The highest BCUT2D eigenvalue weighted by Gasteiger charge is 2.60. The van der Waals surface area contributed by atoms with Crippen LogP contribution in [0.1, 0.15) is 25.1 Å². The third-order valence-electron chi connectivity index (χ3n) is 6.84. The summed E-state index contributed by atoms with van der Waals surface area (Å²) in [5.74, 6) is -1.67. The van der Waals surface area contributed by atoms with Gasteiger partial charge < -0.3 is 19.6 Å². The number of nitrogens with zero attached hydrogens (tertiary/aromatic N) is 5. The zero-order valence-corrected chi connectivity index (χ0v) is 21.6. The average Bonchev–Trinajstić information content (AvgIpc) is 3.40. The number of thioether (sulfide) groups is 1. The molecule has 0 bridgehead atoms. The number of fused-ring (bicyclic) bond motifs is 1. The molecule has 0 aliphatic carbocycles. The largest absolute Gasteiger partial charge is 0.456 e. The maximum absolute atomic E-state index is 13.3. The molecule has 2 aromatic rings. The summed E-state index contributed by atoms with van der Waals surface area (Å²) in [5.41, 5.74) is 1.12. The smallest absolute Gasteiger partial charge is 0.356 e. The molecule has 0 radical (unpaired) electrons. The third-order valence-corrected chi connectivity index (χ3v) is 9.19. The summed E-state index contributed by atoms with van der Waals surface area (Å²) < 4.78 is 5.54. The Morgan fingerprint density at radius 1 is 1.41 bits per heavy atom. The zero-order valence-electron chi connectivity index (χ0n) is 19.9. The minimum absolute atomic E-state index is 0.0598. The van der Waals surface area contributed by atoms with Gasteiger partial charge in [-0.3, -0.25) is 14.9 Å². The van der Waals surface area contributed by atoms with E-state index in [1.165, 1.54) is 52.3 Å². The molecular formula is C24H23N5O6S2. The van der Waals surface area contributed by atoms with Crippen molar-refractivity contribution in [2.24, 2.45) is 11.8 Å². The summed E-state index contributed by atoms with van der Waals surface area (Å²) in [7, 11) is 0. The van der Waals surface area contributed by atoms with E-state index in [1.807, 2.05) is 13.0 Å². The molecule has 0 unspecified atom stereocenters. The van der Waals surface area contributed by atoms with Crippen LogP contribution in [0.3, 0.4) is 0 Å². The Bertz CT molecular complexity index is 1330. The molecule has 1 aromatic heterocycles. The van der Waals surface area contributed by atoms with Gasteiger partial charge in [-0.15, -0.1) is 23.1 Å². The Morgan fingerprint density at radius 2 is 2.11 bits per heavy atom. The first kappa shape index (κ1) is 25.2. The van der Waals surface area contributed by atoms with Gasteiger partial charge in [0, 0.05) is 46.7 Å². The highest BCUT2D eigenvalue weighted by molar-refractivity contribution is 8.03. The minimum Gasteiger partial charge on any atom is -0.456 e. The lowest BCUT2D eigenvalue weighted by molar-refractivity contribution is -0.384. The van der Waals surface area contributed by atoms with E-state index >= 15 is 0 Å². The molecule has 4 atom stereocenters. The van der Waals surface area contributed by atoms with Crippen LogP contribution in [0.2, 0.25) is 0 Å². The van der Waals surface area contributed by atoms with Gasteiger partial charge in [-0.2, -0.15) is 5.26 Å². The van der Waals surface area contributed by atoms with Crippen molar-refractivity contribution in [3.63, 3.8) is 0 Å². The number of aliphatic hydroxyl groups excluding tert-OH is 1. The number of hydrogen-bond donors (Lipinski definition) is 1. The van der Waals surface area contributed by atoms with E-state index in [9.17, 15) is 24.8 Å². The van der Waals surface area contributed by atoms with Gasteiger partial charge in [-0.25, -0.2) is 9.78 Å². The first-order chi connectivity index (χ1) is 17.7. The van der Waals surface area contributed by atoms with Crippen LogP contribution in [0.15, 0.2) is 40.2 Å². The van der Waals surface area contributed by atoms with Crippen molar-refractivity contribution in [3.05, 3.63) is 61.6 Å². The van der Waals surface area contributed by atoms with E-state index in [0.717, 1.165) is 10.0 Å². The number of β-lactam (4-membered cyclic amide) rings is 1. The SMILES string of the molecule is C[C@@H](O)[C@H]1C(=O)N2C(C(=O)OCc3ccc([N+](=O)[O-])cc3)=C(SC3CN(c4nc(C#N)cs4)C3)[C@H](C)[C@H]12. The number of amides is 1. The van der Waals surface area contributed by atoms with Crippen LogP contribution in [0.4, 0.5) is 10.8 Å². The summed E-state index contributed by atoms with van der Waals surface area (Å²) >= 11 is 2.95. The second-order valence-corrected chi connectivity index (χ2v) is 11.4. The Hall–Kier alpha value is -3.47. The van der Waals surface area contributed by atoms with Crippen molar-refractivity contribution in [1.82, 2.24) is 9.88 Å². The topological polar surface area (TPSA) is 150 Å². The fourth-order valence-corrected chi connectivity index (χ4v) is 7.20. The second-order valence-electron chi connectivity index (χ2n) is 9.24. The van der Waals surface area contributed by atoms with Gasteiger partial charge in [0.15, 0.2) is 10.8 Å². The molecule has 3 aliphatic rings. The number of benzene rings is 1. The van der Waals surface area contributed by atoms with E-state index in [2.05, 4.69) is 9.88 Å². The number of rotatable bonds is 8. The van der Waals surface area contributed by atoms with Crippen LogP contribution in [-0.2, 0) is 20.9 Å². The maximum atomic E-state index is 13.3. The van der Waals surface area contributed by atoms with Gasteiger partial charge in [-0.05, 0) is 24.6 Å². The summed E-state index contributed by atoms with van der Waals surface area (Å²) in [6.07, 6.45) is -0.837. The molecule has 4 heterocycles. The quantitative estimate of drug-likeness (QED) is 0.229. The third kappa shape index (κ3) is 4.45. The molecule has 0 saturated carbocycles.